The lowest BCUT2D eigenvalue weighted by molar-refractivity contribution is -0.137. The smallest absolute Gasteiger partial charge is 0.303 e. The number of hydrogen-bond acceptors (Lipinski definition) is 4. The van der Waals surface area contributed by atoms with E-state index in [0.29, 0.717) is 54.8 Å². The van der Waals surface area contributed by atoms with Gasteiger partial charge in [-0.15, -0.1) is 0 Å². The van der Waals surface area contributed by atoms with E-state index in [-0.39, 0.29) is 18.2 Å². The summed E-state index contributed by atoms with van der Waals surface area (Å²) in [5.41, 5.74) is 0.464. The highest BCUT2D eigenvalue weighted by atomic mass is 35.5. The van der Waals surface area contributed by atoms with Gasteiger partial charge in [0.25, 0.3) is 5.91 Å². The Morgan fingerprint density at radius 3 is 2.74 bits per heavy atom. The lowest BCUT2D eigenvalue weighted by atomic mass is 9.93. The molecule has 1 unspecified atom stereocenters. The number of rotatable bonds is 9. The average molecular weight is 398 g/mol. The fourth-order valence-electron chi connectivity index (χ4n) is 3.29. The molecule has 0 saturated carbocycles. The molecular formula is C20H28ClNO5. The first-order valence-corrected chi connectivity index (χ1v) is 9.94. The van der Waals surface area contributed by atoms with Crippen molar-refractivity contribution in [2.75, 3.05) is 26.3 Å². The summed E-state index contributed by atoms with van der Waals surface area (Å²) in [7, 11) is 0. The average Bonchev–Trinajstić information content (AvgIpc) is 2.65. The number of amides is 1. The normalized spacial score (nSPS) is 16.9. The molecule has 2 rings (SSSR count). The Hall–Kier alpha value is -1.95. The highest BCUT2D eigenvalue weighted by molar-refractivity contribution is 6.32. The minimum absolute atomic E-state index is 0.111. The van der Waals surface area contributed by atoms with Gasteiger partial charge in [0.2, 0.25) is 0 Å². The second-order valence-corrected chi connectivity index (χ2v) is 7.17. The van der Waals surface area contributed by atoms with E-state index < -0.39 is 5.97 Å². The largest absolute Gasteiger partial charge is 0.490 e. The Bertz CT molecular complexity index is 664. The van der Waals surface area contributed by atoms with Crippen LogP contribution in [-0.4, -0.2) is 48.2 Å². The van der Waals surface area contributed by atoms with Gasteiger partial charge in [-0.2, -0.15) is 0 Å². The number of nitrogens with zero attached hydrogens (tertiary/aromatic N) is 1. The topological polar surface area (TPSA) is 76.1 Å². The zero-order chi connectivity index (χ0) is 19.8. The van der Waals surface area contributed by atoms with Gasteiger partial charge < -0.3 is 19.5 Å². The molecule has 150 valence electrons. The quantitative estimate of drug-likeness (QED) is 0.674. The second-order valence-electron chi connectivity index (χ2n) is 6.76. The van der Waals surface area contributed by atoms with Crippen LogP contribution < -0.4 is 9.47 Å². The molecule has 6 nitrogen and oxygen atoms in total. The molecule has 1 aromatic carbocycles. The summed E-state index contributed by atoms with van der Waals surface area (Å²) in [6, 6.07) is 3.31. The van der Waals surface area contributed by atoms with Crippen LogP contribution in [0.25, 0.3) is 0 Å². The molecule has 0 radical (unpaired) electrons. The fraction of sp³-hybridized carbons (Fsp3) is 0.600. The highest BCUT2D eigenvalue weighted by Gasteiger charge is 2.26. The van der Waals surface area contributed by atoms with E-state index in [2.05, 4.69) is 0 Å². The van der Waals surface area contributed by atoms with Crippen molar-refractivity contribution in [1.82, 2.24) is 4.90 Å². The van der Waals surface area contributed by atoms with Crippen molar-refractivity contribution in [2.45, 2.75) is 46.0 Å². The fourth-order valence-corrected chi connectivity index (χ4v) is 3.56. The monoisotopic (exact) mass is 397 g/mol. The molecule has 1 aliphatic heterocycles. The molecule has 1 saturated heterocycles. The van der Waals surface area contributed by atoms with Gasteiger partial charge in [0, 0.05) is 25.1 Å². The highest BCUT2D eigenvalue weighted by Crippen LogP contribution is 2.37. The van der Waals surface area contributed by atoms with E-state index in [1.807, 2.05) is 13.8 Å². The maximum absolute atomic E-state index is 13.0. The van der Waals surface area contributed by atoms with Gasteiger partial charge in [0.05, 0.1) is 18.2 Å². The molecule has 0 bridgehead atoms. The molecule has 27 heavy (non-hydrogen) atoms. The molecule has 0 aliphatic carbocycles. The van der Waals surface area contributed by atoms with Crippen LogP contribution >= 0.6 is 11.6 Å². The minimum Gasteiger partial charge on any atom is -0.490 e. The van der Waals surface area contributed by atoms with Crippen LogP contribution in [-0.2, 0) is 4.79 Å². The van der Waals surface area contributed by atoms with Crippen molar-refractivity contribution in [1.29, 1.82) is 0 Å². The summed E-state index contributed by atoms with van der Waals surface area (Å²) in [5.74, 6) is 0.248. The molecular weight excluding hydrogens is 370 g/mol. The van der Waals surface area contributed by atoms with Crippen LogP contribution in [0.2, 0.25) is 5.02 Å². The molecule has 1 heterocycles. The van der Waals surface area contributed by atoms with Crippen molar-refractivity contribution in [3.8, 4) is 11.5 Å². The van der Waals surface area contributed by atoms with E-state index in [4.69, 9.17) is 26.2 Å². The summed E-state index contributed by atoms with van der Waals surface area (Å²) in [6.07, 6.45) is 3.39. The van der Waals surface area contributed by atoms with Gasteiger partial charge in [0.15, 0.2) is 11.5 Å². The molecule has 1 fully saturated rings. The minimum atomic E-state index is -0.797. The molecule has 1 amide bonds. The molecule has 1 atom stereocenters. The van der Waals surface area contributed by atoms with Gasteiger partial charge in [-0.1, -0.05) is 18.5 Å². The Morgan fingerprint density at radius 2 is 2.07 bits per heavy atom. The maximum atomic E-state index is 13.0. The molecule has 0 spiro atoms. The number of likely N-dealkylation sites (tertiary alicyclic amines) is 1. The zero-order valence-corrected chi connectivity index (χ0v) is 16.8. The number of piperidine rings is 1. The van der Waals surface area contributed by atoms with E-state index in [1.54, 1.807) is 17.0 Å². The van der Waals surface area contributed by atoms with Crippen LogP contribution in [0.1, 0.15) is 56.3 Å². The summed E-state index contributed by atoms with van der Waals surface area (Å²) >= 11 is 6.36. The Morgan fingerprint density at radius 1 is 1.30 bits per heavy atom. The maximum Gasteiger partial charge on any atom is 0.303 e. The predicted octanol–water partition coefficient (Wildman–Crippen LogP) is 4.24. The summed E-state index contributed by atoms with van der Waals surface area (Å²) in [5, 5.41) is 9.23. The summed E-state index contributed by atoms with van der Waals surface area (Å²) in [6.45, 7) is 6.06. The number of carboxylic acids is 1. The van der Waals surface area contributed by atoms with Crippen LogP contribution in [0.5, 0.6) is 11.5 Å². The summed E-state index contributed by atoms with van der Waals surface area (Å²) < 4.78 is 11.3. The Labute approximate surface area is 165 Å². The lowest BCUT2D eigenvalue weighted by Gasteiger charge is -2.33. The van der Waals surface area contributed by atoms with Gasteiger partial charge in [0.1, 0.15) is 0 Å². The molecule has 1 aliphatic rings. The third kappa shape index (κ3) is 6.03. The third-order valence-corrected chi connectivity index (χ3v) is 4.86. The number of carboxylic acid groups (broad SMARTS) is 1. The number of aliphatic carboxylic acids is 1. The van der Waals surface area contributed by atoms with Crippen molar-refractivity contribution in [3.05, 3.63) is 22.7 Å². The van der Waals surface area contributed by atoms with Gasteiger partial charge in [-0.25, -0.2) is 0 Å². The first-order valence-electron chi connectivity index (χ1n) is 9.56. The Balaban J connectivity index is 2.15. The van der Waals surface area contributed by atoms with Crippen LogP contribution in [0.3, 0.4) is 0 Å². The SMILES string of the molecule is CCCOc1c(Cl)cc(C(=O)N2CCCC(CCC(=O)O)C2)cc1OCC. The van der Waals surface area contributed by atoms with Crippen LogP contribution in [0, 0.1) is 5.92 Å². The number of benzene rings is 1. The van der Waals surface area contributed by atoms with Crippen molar-refractivity contribution < 1.29 is 24.2 Å². The van der Waals surface area contributed by atoms with Crippen LogP contribution in [0.4, 0.5) is 0 Å². The molecule has 1 N–H and O–H groups in total. The summed E-state index contributed by atoms with van der Waals surface area (Å²) in [4.78, 5) is 25.6. The number of ether oxygens (including phenoxy) is 2. The third-order valence-electron chi connectivity index (χ3n) is 4.58. The lowest BCUT2D eigenvalue weighted by Crippen LogP contribution is -2.40. The van der Waals surface area contributed by atoms with Gasteiger partial charge >= 0.3 is 5.97 Å². The molecule has 1 aromatic rings. The van der Waals surface area contributed by atoms with E-state index in [9.17, 15) is 9.59 Å². The van der Waals surface area contributed by atoms with E-state index >= 15 is 0 Å². The number of carbonyl (C=O) groups excluding carboxylic acids is 1. The Kier molecular flexibility index (Phi) is 8.23. The molecule has 7 heteroatoms. The zero-order valence-electron chi connectivity index (χ0n) is 16.0. The van der Waals surface area contributed by atoms with Crippen molar-refractivity contribution in [2.24, 2.45) is 5.92 Å². The van der Waals surface area contributed by atoms with Crippen molar-refractivity contribution in [3.63, 3.8) is 0 Å². The first kappa shape index (κ1) is 21.4. The van der Waals surface area contributed by atoms with E-state index in [1.165, 1.54) is 0 Å². The predicted molar refractivity (Wildman–Crippen MR) is 104 cm³/mol. The van der Waals surface area contributed by atoms with E-state index in [0.717, 1.165) is 19.3 Å². The number of hydrogen-bond donors (Lipinski definition) is 1. The van der Waals surface area contributed by atoms with Gasteiger partial charge in [-0.3, -0.25) is 9.59 Å². The number of halogens is 1. The molecule has 0 aromatic heterocycles. The standard InChI is InChI=1S/C20H28ClNO5/c1-3-10-27-19-16(21)11-15(12-17(19)26-4-2)20(25)22-9-5-6-14(13-22)7-8-18(23)24/h11-12,14H,3-10,13H2,1-2H3,(H,23,24). The second kappa shape index (κ2) is 10.4. The van der Waals surface area contributed by atoms with Crippen molar-refractivity contribution >= 4 is 23.5 Å². The number of carbonyl (C=O) groups is 2. The van der Waals surface area contributed by atoms with Gasteiger partial charge in [-0.05, 0) is 50.7 Å². The van der Waals surface area contributed by atoms with Crippen LogP contribution in [0.15, 0.2) is 12.1 Å². The first-order chi connectivity index (χ1) is 13.0.